The molecule has 2 rings (SSSR count). The van der Waals surface area contributed by atoms with Gasteiger partial charge in [0.05, 0.1) is 4.90 Å². The van der Waals surface area contributed by atoms with Crippen molar-refractivity contribution in [2.24, 2.45) is 5.14 Å². The molecule has 0 atom stereocenters. The molecule has 0 aromatic heterocycles. The van der Waals surface area contributed by atoms with Crippen molar-refractivity contribution in [2.45, 2.75) is 4.90 Å². The number of benzene rings is 2. The second kappa shape index (κ2) is 6.34. The standard InChI is InChI=1S/C15H14N2O3S/c16-21(19,20)14-8-4-7-13(11-14)17-10-9-15(18)12-5-2-1-3-6-12/h1-11,17H,(H2,16,19,20)/b10-9+. The number of nitrogens with two attached hydrogens (primary N) is 1. The van der Waals surface area contributed by atoms with Gasteiger partial charge in [-0.05, 0) is 18.2 Å². The molecule has 0 spiro atoms. The average molecular weight is 302 g/mol. The van der Waals surface area contributed by atoms with E-state index in [9.17, 15) is 13.2 Å². The first-order valence-electron chi connectivity index (χ1n) is 6.12. The summed E-state index contributed by atoms with van der Waals surface area (Å²) in [5.41, 5.74) is 1.10. The number of allylic oxidation sites excluding steroid dienone is 1. The van der Waals surface area contributed by atoms with Crippen LogP contribution in [-0.4, -0.2) is 14.2 Å². The maximum absolute atomic E-state index is 11.8. The average Bonchev–Trinajstić information content (AvgIpc) is 2.47. The van der Waals surface area contributed by atoms with Gasteiger partial charge in [-0.15, -0.1) is 0 Å². The number of hydrogen-bond acceptors (Lipinski definition) is 4. The van der Waals surface area contributed by atoms with E-state index in [2.05, 4.69) is 5.32 Å². The molecule has 2 aromatic rings. The number of sulfonamides is 1. The van der Waals surface area contributed by atoms with Crippen LogP contribution >= 0.6 is 0 Å². The number of primary sulfonamides is 1. The molecule has 21 heavy (non-hydrogen) atoms. The van der Waals surface area contributed by atoms with Crippen molar-refractivity contribution in [2.75, 3.05) is 5.32 Å². The Kier molecular flexibility index (Phi) is 4.52. The number of anilines is 1. The molecule has 0 unspecified atom stereocenters. The Morgan fingerprint density at radius 2 is 1.76 bits per heavy atom. The molecule has 0 heterocycles. The van der Waals surface area contributed by atoms with Gasteiger partial charge in [-0.2, -0.15) is 0 Å². The molecule has 0 radical (unpaired) electrons. The summed E-state index contributed by atoms with van der Waals surface area (Å²) in [7, 11) is -3.74. The zero-order chi connectivity index (χ0) is 15.3. The molecule has 0 bridgehead atoms. The van der Waals surface area contributed by atoms with E-state index in [-0.39, 0.29) is 10.7 Å². The summed E-state index contributed by atoms with van der Waals surface area (Å²) in [4.78, 5) is 11.8. The van der Waals surface area contributed by atoms with Gasteiger partial charge in [-0.1, -0.05) is 36.4 Å². The predicted octanol–water partition coefficient (Wildman–Crippen LogP) is 2.14. The van der Waals surface area contributed by atoms with Crippen LogP contribution in [0, 0.1) is 0 Å². The van der Waals surface area contributed by atoms with Gasteiger partial charge in [-0.3, -0.25) is 4.79 Å². The molecule has 0 fully saturated rings. The summed E-state index contributed by atoms with van der Waals surface area (Å²) in [5, 5.41) is 7.89. The molecule has 0 aliphatic rings. The van der Waals surface area contributed by atoms with Crippen LogP contribution < -0.4 is 10.5 Å². The zero-order valence-electron chi connectivity index (χ0n) is 11.1. The van der Waals surface area contributed by atoms with Crippen LogP contribution in [0.5, 0.6) is 0 Å². The van der Waals surface area contributed by atoms with E-state index in [4.69, 9.17) is 5.14 Å². The smallest absolute Gasteiger partial charge is 0.238 e. The van der Waals surface area contributed by atoms with E-state index >= 15 is 0 Å². The van der Waals surface area contributed by atoms with Crippen LogP contribution in [0.2, 0.25) is 0 Å². The minimum atomic E-state index is -3.74. The molecule has 2 aromatic carbocycles. The topological polar surface area (TPSA) is 89.3 Å². The van der Waals surface area contributed by atoms with Crippen LogP contribution in [-0.2, 0) is 10.0 Å². The highest BCUT2D eigenvalue weighted by molar-refractivity contribution is 7.89. The van der Waals surface area contributed by atoms with E-state index in [1.54, 1.807) is 36.4 Å². The Morgan fingerprint density at radius 1 is 1.05 bits per heavy atom. The van der Waals surface area contributed by atoms with Crippen LogP contribution in [0.25, 0.3) is 0 Å². The van der Waals surface area contributed by atoms with Crippen molar-refractivity contribution in [3.63, 3.8) is 0 Å². The van der Waals surface area contributed by atoms with Crippen LogP contribution in [0.15, 0.2) is 71.8 Å². The zero-order valence-corrected chi connectivity index (χ0v) is 11.9. The third kappa shape index (κ3) is 4.27. The fourth-order valence-electron chi connectivity index (χ4n) is 1.68. The summed E-state index contributed by atoms with van der Waals surface area (Å²) in [6.07, 6.45) is 2.83. The van der Waals surface area contributed by atoms with Gasteiger partial charge in [-0.25, -0.2) is 13.6 Å². The second-order valence-electron chi connectivity index (χ2n) is 4.28. The lowest BCUT2D eigenvalue weighted by atomic mass is 10.1. The van der Waals surface area contributed by atoms with Crippen molar-refractivity contribution in [3.8, 4) is 0 Å². The molecule has 0 amide bonds. The largest absolute Gasteiger partial charge is 0.362 e. The number of rotatable bonds is 5. The molecule has 0 saturated carbocycles. The van der Waals surface area contributed by atoms with E-state index in [1.807, 2.05) is 6.07 Å². The Bertz CT molecular complexity index is 769. The molecule has 6 heteroatoms. The van der Waals surface area contributed by atoms with Gasteiger partial charge in [0.2, 0.25) is 10.0 Å². The van der Waals surface area contributed by atoms with Crippen molar-refractivity contribution < 1.29 is 13.2 Å². The van der Waals surface area contributed by atoms with Crippen LogP contribution in [0.4, 0.5) is 5.69 Å². The summed E-state index contributed by atoms with van der Waals surface area (Å²) in [6.45, 7) is 0. The Morgan fingerprint density at radius 3 is 2.43 bits per heavy atom. The minimum Gasteiger partial charge on any atom is -0.362 e. The maximum atomic E-state index is 11.8. The van der Waals surface area contributed by atoms with Crippen LogP contribution in [0.3, 0.4) is 0 Å². The summed E-state index contributed by atoms with van der Waals surface area (Å²) in [5.74, 6) is -0.147. The first kappa shape index (κ1) is 15.0. The Balaban J connectivity index is 2.07. The quantitative estimate of drug-likeness (QED) is 0.654. The number of ketones is 1. The van der Waals surface area contributed by atoms with Gasteiger partial charge in [0.1, 0.15) is 0 Å². The molecule has 108 valence electrons. The molecular weight excluding hydrogens is 288 g/mol. The monoisotopic (exact) mass is 302 g/mol. The van der Waals surface area contributed by atoms with Gasteiger partial charge >= 0.3 is 0 Å². The van der Waals surface area contributed by atoms with Gasteiger partial charge in [0.15, 0.2) is 5.78 Å². The van der Waals surface area contributed by atoms with E-state index in [1.165, 1.54) is 24.4 Å². The van der Waals surface area contributed by atoms with E-state index in [0.29, 0.717) is 11.3 Å². The Hall–Kier alpha value is -2.44. The highest BCUT2D eigenvalue weighted by Crippen LogP contribution is 2.14. The Labute approximate surface area is 123 Å². The highest BCUT2D eigenvalue weighted by atomic mass is 32.2. The van der Waals surface area contributed by atoms with Gasteiger partial charge in [0, 0.05) is 23.5 Å². The fourth-order valence-corrected chi connectivity index (χ4v) is 2.23. The van der Waals surface area contributed by atoms with E-state index < -0.39 is 10.0 Å². The first-order valence-corrected chi connectivity index (χ1v) is 7.67. The molecule has 0 saturated heterocycles. The maximum Gasteiger partial charge on any atom is 0.238 e. The second-order valence-corrected chi connectivity index (χ2v) is 5.84. The lowest BCUT2D eigenvalue weighted by Crippen LogP contribution is -2.12. The third-order valence-corrected chi connectivity index (χ3v) is 3.62. The highest BCUT2D eigenvalue weighted by Gasteiger charge is 2.07. The van der Waals surface area contributed by atoms with Gasteiger partial charge in [0.25, 0.3) is 0 Å². The van der Waals surface area contributed by atoms with Crippen molar-refractivity contribution in [3.05, 3.63) is 72.4 Å². The lowest BCUT2D eigenvalue weighted by molar-refractivity contribution is 0.104. The predicted molar refractivity (Wildman–Crippen MR) is 81.4 cm³/mol. The third-order valence-electron chi connectivity index (χ3n) is 2.71. The summed E-state index contributed by atoms with van der Waals surface area (Å²) < 4.78 is 22.5. The number of hydrogen-bond donors (Lipinski definition) is 2. The van der Waals surface area contributed by atoms with E-state index in [0.717, 1.165) is 0 Å². The molecule has 5 nitrogen and oxygen atoms in total. The minimum absolute atomic E-state index is 0.00952. The van der Waals surface area contributed by atoms with Gasteiger partial charge < -0.3 is 5.32 Å². The number of carbonyl (C=O) groups excluding carboxylic acids is 1. The SMILES string of the molecule is NS(=O)(=O)c1cccc(N/C=C/C(=O)c2ccccc2)c1. The lowest BCUT2D eigenvalue weighted by Gasteiger charge is -2.03. The summed E-state index contributed by atoms with van der Waals surface area (Å²) >= 11 is 0. The van der Waals surface area contributed by atoms with Crippen molar-refractivity contribution in [1.29, 1.82) is 0 Å². The first-order chi connectivity index (χ1) is 9.97. The summed E-state index contributed by atoms with van der Waals surface area (Å²) in [6, 6.07) is 14.9. The van der Waals surface area contributed by atoms with Crippen molar-refractivity contribution in [1.82, 2.24) is 0 Å². The molecule has 0 aliphatic heterocycles. The molecular formula is C15H14N2O3S. The number of nitrogens with one attached hydrogen (secondary N) is 1. The fraction of sp³-hybridized carbons (Fsp3) is 0. The van der Waals surface area contributed by atoms with Crippen LogP contribution in [0.1, 0.15) is 10.4 Å². The normalized spacial score (nSPS) is 11.5. The van der Waals surface area contributed by atoms with Crippen molar-refractivity contribution >= 4 is 21.5 Å². The number of carbonyl (C=O) groups is 1. The molecule has 3 N–H and O–H groups in total. The molecule has 0 aliphatic carbocycles.